The summed E-state index contributed by atoms with van der Waals surface area (Å²) in [6.07, 6.45) is 4.22. The molecule has 3 fully saturated rings. The van der Waals surface area contributed by atoms with Gasteiger partial charge in [-0.1, -0.05) is 13.3 Å². The molecule has 3 aliphatic heterocycles. The van der Waals surface area contributed by atoms with Gasteiger partial charge in [0.05, 0.1) is 14.2 Å². The Morgan fingerprint density at radius 1 is 1.37 bits per heavy atom. The fourth-order valence-corrected chi connectivity index (χ4v) is 6.43. The first-order valence-corrected chi connectivity index (χ1v) is 10.1. The zero-order valence-electron chi connectivity index (χ0n) is 16.4. The summed E-state index contributed by atoms with van der Waals surface area (Å²) < 4.78 is 10.9. The van der Waals surface area contributed by atoms with Gasteiger partial charge >= 0.3 is 5.97 Å². The first-order chi connectivity index (χ1) is 13.1. The highest BCUT2D eigenvalue weighted by molar-refractivity contribution is 5.92. The first kappa shape index (κ1) is 17.1. The van der Waals surface area contributed by atoms with Crippen molar-refractivity contribution in [2.45, 2.75) is 44.1 Å². The Hall–Kier alpha value is -2.01. The van der Waals surface area contributed by atoms with Crippen molar-refractivity contribution < 1.29 is 14.3 Å². The molecule has 2 unspecified atom stereocenters. The molecule has 4 aliphatic rings. The number of methoxy groups -OCH3 is 2. The first-order valence-electron chi connectivity index (χ1n) is 10.1. The molecule has 5 atom stereocenters. The van der Waals surface area contributed by atoms with Crippen LogP contribution in [0.5, 0.6) is 5.75 Å². The van der Waals surface area contributed by atoms with Crippen LogP contribution in [-0.2, 0) is 21.4 Å². The lowest BCUT2D eigenvalue weighted by atomic mass is 9.56. The summed E-state index contributed by atoms with van der Waals surface area (Å²) in [7, 11) is 3.23. The van der Waals surface area contributed by atoms with Crippen LogP contribution >= 0.6 is 0 Å². The Morgan fingerprint density at radius 3 is 2.96 bits per heavy atom. The third kappa shape index (κ3) is 2.18. The average molecular weight is 368 g/mol. The number of nitrogens with zero attached hydrogens (tertiary/aromatic N) is 1. The quantitative estimate of drug-likeness (QED) is 0.845. The number of H-pyrrole nitrogens is 1. The van der Waals surface area contributed by atoms with Crippen LogP contribution in [0, 0.1) is 11.8 Å². The largest absolute Gasteiger partial charge is 0.497 e. The molecular weight excluding hydrogens is 340 g/mol. The van der Waals surface area contributed by atoms with Gasteiger partial charge in [0.1, 0.15) is 11.2 Å². The van der Waals surface area contributed by atoms with E-state index in [9.17, 15) is 4.79 Å². The molecule has 6 rings (SSSR count). The van der Waals surface area contributed by atoms with Crippen LogP contribution < -0.4 is 4.74 Å². The topological polar surface area (TPSA) is 54.6 Å². The number of rotatable bonds is 3. The van der Waals surface area contributed by atoms with E-state index < -0.39 is 5.41 Å². The van der Waals surface area contributed by atoms with Crippen molar-refractivity contribution in [1.29, 1.82) is 0 Å². The Balaban J connectivity index is 1.78. The molecule has 4 bridgehead atoms. The van der Waals surface area contributed by atoms with Crippen molar-refractivity contribution in [3.63, 3.8) is 0 Å². The standard InChI is InChI=1S/C22H28N2O3/c1-4-14-9-13-11-22(21(25)27-3)19-17(7-8-24(12-13)20(14)22)16-6-5-15(26-2)10-18(16)23-19/h5-6,10,13-14,20,23H,4,7-9,11-12H2,1-3H3/t13?,14-,20-,22+/m0/s1. The molecule has 2 aromatic rings. The molecule has 144 valence electrons. The zero-order valence-corrected chi connectivity index (χ0v) is 16.4. The SMILES string of the molecule is CC[C@H]1CC2CN3CCc4c([nH]c5cc(OC)ccc45)[C@](C(=O)OC)(C2)[C@H]13. The molecule has 27 heavy (non-hydrogen) atoms. The number of ether oxygens (including phenoxy) is 2. The maximum Gasteiger partial charge on any atom is 0.319 e. The average Bonchev–Trinajstić information content (AvgIpc) is 3.04. The summed E-state index contributed by atoms with van der Waals surface area (Å²) in [4.78, 5) is 19.6. The Bertz CT molecular complexity index is 904. The van der Waals surface area contributed by atoms with Gasteiger partial charge in [-0.05, 0) is 48.8 Å². The lowest BCUT2D eigenvalue weighted by molar-refractivity contribution is -0.162. The number of hydrogen-bond acceptors (Lipinski definition) is 4. The molecule has 2 saturated heterocycles. The lowest BCUT2D eigenvalue weighted by Gasteiger charge is -2.57. The number of nitrogens with one attached hydrogen (secondary N) is 1. The minimum atomic E-state index is -0.575. The van der Waals surface area contributed by atoms with E-state index in [0.717, 1.165) is 49.3 Å². The van der Waals surface area contributed by atoms with Gasteiger partial charge in [0.15, 0.2) is 0 Å². The van der Waals surface area contributed by atoms with Crippen LogP contribution in [0.2, 0.25) is 0 Å². The molecule has 1 aromatic heterocycles. The van der Waals surface area contributed by atoms with Gasteiger partial charge in [0, 0.05) is 41.8 Å². The van der Waals surface area contributed by atoms with E-state index in [2.05, 4.69) is 22.9 Å². The Morgan fingerprint density at radius 2 is 2.22 bits per heavy atom. The maximum atomic E-state index is 13.4. The highest BCUT2D eigenvalue weighted by atomic mass is 16.5. The molecule has 1 N–H and O–H groups in total. The Kier molecular flexibility index (Phi) is 3.80. The number of piperidine rings is 2. The van der Waals surface area contributed by atoms with Crippen molar-refractivity contribution in [1.82, 2.24) is 9.88 Å². The van der Waals surface area contributed by atoms with Crippen LogP contribution in [0.4, 0.5) is 0 Å². The molecule has 5 heteroatoms. The summed E-state index contributed by atoms with van der Waals surface area (Å²) in [6.45, 7) is 4.40. The molecule has 4 heterocycles. The van der Waals surface area contributed by atoms with Crippen molar-refractivity contribution in [2.24, 2.45) is 11.8 Å². The summed E-state index contributed by atoms with van der Waals surface area (Å²) >= 11 is 0. The van der Waals surface area contributed by atoms with Gasteiger partial charge in [0.25, 0.3) is 0 Å². The van der Waals surface area contributed by atoms with Gasteiger partial charge < -0.3 is 14.5 Å². The third-order valence-corrected chi connectivity index (χ3v) is 7.37. The zero-order chi connectivity index (χ0) is 18.8. The number of benzene rings is 1. The summed E-state index contributed by atoms with van der Waals surface area (Å²) in [6, 6.07) is 6.43. The maximum absolute atomic E-state index is 13.4. The predicted octanol–water partition coefficient (Wildman–Crippen LogP) is 3.26. The normalized spacial score (nSPS) is 34.2. The monoisotopic (exact) mass is 368 g/mol. The smallest absolute Gasteiger partial charge is 0.319 e. The molecular formula is C22H28N2O3. The number of aromatic amines is 1. The van der Waals surface area contributed by atoms with E-state index in [4.69, 9.17) is 9.47 Å². The highest BCUT2D eigenvalue weighted by Gasteiger charge is 2.62. The van der Waals surface area contributed by atoms with Crippen LogP contribution in [0.25, 0.3) is 10.9 Å². The van der Waals surface area contributed by atoms with Crippen molar-refractivity contribution in [3.05, 3.63) is 29.5 Å². The molecule has 1 aromatic carbocycles. The van der Waals surface area contributed by atoms with Crippen molar-refractivity contribution in [3.8, 4) is 5.75 Å². The van der Waals surface area contributed by atoms with Crippen molar-refractivity contribution >= 4 is 16.9 Å². The third-order valence-electron chi connectivity index (χ3n) is 7.37. The number of aromatic nitrogens is 1. The fourth-order valence-electron chi connectivity index (χ4n) is 6.43. The number of hydrogen-bond donors (Lipinski definition) is 1. The number of esters is 1. The van der Waals surface area contributed by atoms with Gasteiger partial charge in [-0.2, -0.15) is 0 Å². The molecule has 0 amide bonds. The highest BCUT2D eigenvalue weighted by Crippen LogP contribution is 2.55. The number of carbonyl (C=O) groups excluding carboxylic acids is 1. The molecule has 5 nitrogen and oxygen atoms in total. The van der Waals surface area contributed by atoms with Crippen LogP contribution in [0.1, 0.15) is 37.4 Å². The van der Waals surface area contributed by atoms with E-state index in [1.807, 2.05) is 12.1 Å². The van der Waals surface area contributed by atoms with Gasteiger partial charge in [-0.15, -0.1) is 0 Å². The van der Waals surface area contributed by atoms with Gasteiger partial charge in [-0.25, -0.2) is 0 Å². The number of carbonyl (C=O) groups is 1. The van der Waals surface area contributed by atoms with Crippen LogP contribution in [0.15, 0.2) is 18.2 Å². The minimum absolute atomic E-state index is 0.0676. The number of fused-ring (bicyclic) bond motifs is 4. The second-order valence-electron chi connectivity index (χ2n) is 8.52. The molecule has 1 saturated carbocycles. The fraction of sp³-hybridized carbons (Fsp3) is 0.591. The van der Waals surface area contributed by atoms with E-state index in [1.54, 1.807) is 14.2 Å². The van der Waals surface area contributed by atoms with E-state index >= 15 is 0 Å². The predicted molar refractivity (Wildman–Crippen MR) is 104 cm³/mol. The van der Waals surface area contributed by atoms with E-state index in [0.29, 0.717) is 11.8 Å². The summed E-state index contributed by atoms with van der Waals surface area (Å²) in [5.41, 5.74) is 2.88. The minimum Gasteiger partial charge on any atom is -0.497 e. The van der Waals surface area contributed by atoms with Crippen LogP contribution in [-0.4, -0.2) is 49.2 Å². The Labute approximate surface area is 160 Å². The van der Waals surface area contributed by atoms with Crippen LogP contribution in [0.3, 0.4) is 0 Å². The molecule has 0 spiro atoms. The van der Waals surface area contributed by atoms with Gasteiger partial charge in [0.2, 0.25) is 0 Å². The molecule has 1 aliphatic carbocycles. The lowest BCUT2D eigenvalue weighted by Crippen LogP contribution is -2.67. The molecule has 0 radical (unpaired) electrons. The summed E-state index contributed by atoms with van der Waals surface area (Å²) in [5, 5.41) is 1.21. The second kappa shape index (κ2) is 5.99. The second-order valence-corrected chi connectivity index (χ2v) is 8.52. The van der Waals surface area contributed by atoms with Crippen molar-refractivity contribution in [2.75, 3.05) is 27.3 Å². The summed E-state index contributed by atoms with van der Waals surface area (Å²) in [5.74, 6) is 1.88. The van der Waals surface area contributed by atoms with E-state index in [-0.39, 0.29) is 12.0 Å². The van der Waals surface area contributed by atoms with E-state index in [1.165, 1.54) is 17.4 Å². The van der Waals surface area contributed by atoms with Gasteiger partial charge in [-0.3, -0.25) is 9.69 Å².